The largest absolute Gasteiger partial charge is 0.476 e. The molecule has 0 bridgehead atoms. The van der Waals surface area contributed by atoms with E-state index in [4.69, 9.17) is 4.74 Å². The molecule has 2 aromatic carbocycles. The molecule has 2 aliphatic heterocycles. The van der Waals surface area contributed by atoms with E-state index in [0.717, 1.165) is 0 Å². The van der Waals surface area contributed by atoms with E-state index in [1.165, 1.54) is 10.7 Å². The topological polar surface area (TPSA) is 131 Å². The zero-order valence-corrected chi connectivity index (χ0v) is 18.2. The number of aromatic carboxylic acids is 1. The Bertz CT molecular complexity index is 1380. The van der Waals surface area contributed by atoms with Crippen molar-refractivity contribution >= 4 is 27.5 Å². The van der Waals surface area contributed by atoms with Gasteiger partial charge in [-0.05, 0) is 24.3 Å². The number of aromatic nitrogens is 2. The smallest absolute Gasteiger partial charge is 0.356 e. The number of fused-ring (bicyclic) bond motifs is 3. The van der Waals surface area contributed by atoms with E-state index < -0.39 is 21.6 Å². The molecule has 2 amide bonds. The molecule has 1 aromatic heterocycles. The molecule has 2 aliphatic rings. The molecule has 3 heterocycles. The lowest BCUT2D eigenvalue weighted by Gasteiger charge is -2.27. The van der Waals surface area contributed by atoms with Gasteiger partial charge in [0.25, 0.3) is 0 Å². The van der Waals surface area contributed by atoms with E-state index >= 15 is 0 Å². The number of amides is 2. The Morgan fingerprint density at radius 1 is 1.06 bits per heavy atom. The third-order valence-electron chi connectivity index (χ3n) is 5.64. The van der Waals surface area contributed by atoms with Gasteiger partial charge in [0.2, 0.25) is 0 Å². The van der Waals surface area contributed by atoms with Crippen LogP contribution in [-0.2, 0) is 20.3 Å². The fourth-order valence-corrected chi connectivity index (χ4v) is 5.70. The second kappa shape index (κ2) is 8.01. The molecular weight excluding hydrogens is 448 g/mol. The number of sulfone groups is 1. The van der Waals surface area contributed by atoms with Gasteiger partial charge in [0.1, 0.15) is 0 Å². The molecule has 0 aliphatic carbocycles. The lowest BCUT2D eigenvalue weighted by atomic mass is 10.1. The Morgan fingerprint density at radius 3 is 2.58 bits per heavy atom. The Labute approximate surface area is 189 Å². The molecule has 0 atom stereocenters. The van der Waals surface area contributed by atoms with Gasteiger partial charge >= 0.3 is 12.0 Å². The Morgan fingerprint density at radius 2 is 1.82 bits per heavy atom. The Hall–Kier alpha value is -3.70. The minimum Gasteiger partial charge on any atom is -0.476 e. The lowest BCUT2D eigenvalue weighted by Crippen LogP contribution is -2.43. The Kier molecular flexibility index (Phi) is 5.14. The summed E-state index contributed by atoms with van der Waals surface area (Å²) in [5.74, 6) is -1.76. The summed E-state index contributed by atoms with van der Waals surface area (Å²) in [6.45, 7) is 1.94. The van der Waals surface area contributed by atoms with Crippen LogP contribution in [0.3, 0.4) is 0 Å². The van der Waals surface area contributed by atoms with Crippen molar-refractivity contribution in [3.63, 3.8) is 0 Å². The quantitative estimate of drug-likeness (QED) is 0.603. The van der Waals surface area contributed by atoms with Crippen LogP contribution in [0.1, 0.15) is 16.1 Å². The molecule has 0 radical (unpaired) electrons. The number of hydrogen-bond acceptors (Lipinski definition) is 6. The molecule has 3 aromatic rings. The van der Waals surface area contributed by atoms with Crippen LogP contribution >= 0.6 is 0 Å². The molecule has 33 heavy (non-hydrogen) atoms. The number of morpholine rings is 1. The molecule has 10 nitrogen and oxygen atoms in total. The normalized spacial score (nSPS) is 16.5. The van der Waals surface area contributed by atoms with Crippen molar-refractivity contribution in [2.75, 3.05) is 31.6 Å². The maximum Gasteiger partial charge on any atom is 0.356 e. The predicted molar refractivity (Wildman–Crippen MR) is 118 cm³/mol. The molecular formula is C22H20N4O6S. The number of ether oxygens (including phenoxy) is 1. The highest BCUT2D eigenvalue weighted by Gasteiger charge is 2.35. The summed E-state index contributed by atoms with van der Waals surface area (Å²) in [5, 5.41) is 16.8. The predicted octanol–water partition coefficient (Wildman–Crippen LogP) is 2.39. The summed E-state index contributed by atoms with van der Waals surface area (Å²) in [6.07, 6.45) is 0. The van der Waals surface area contributed by atoms with Crippen LogP contribution in [0.4, 0.5) is 10.5 Å². The number of nitrogens with zero attached hydrogens (tertiary/aromatic N) is 3. The van der Waals surface area contributed by atoms with Gasteiger partial charge in [-0.15, -0.1) is 0 Å². The lowest BCUT2D eigenvalue weighted by molar-refractivity contribution is 0.0564. The first-order chi connectivity index (χ1) is 15.8. The van der Waals surface area contributed by atoms with E-state index in [2.05, 4.69) is 10.4 Å². The van der Waals surface area contributed by atoms with Gasteiger partial charge in [-0.2, -0.15) is 5.10 Å². The van der Waals surface area contributed by atoms with Gasteiger partial charge in [0.05, 0.1) is 35.2 Å². The summed E-state index contributed by atoms with van der Waals surface area (Å²) in [6, 6.07) is 13.0. The molecule has 1 fully saturated rings. The first kappa shape index (κ1) is 21.2. The maximum atomic E-state index is 12.8. The third kappa shape index (κ3) is 3.74. The molecule has 5 rings (SSSR count). The van der Waals surface area contributed by atoms with Gasteiger partial charge in [0.15, 0.2) is 15.5 Å². The molecule has 11 heteroatoms. The second-order valence-electron chi connectivity index (χ2n) is 7.73. The zero-order chi connectivity index (χ0) is 23.2. The average molecular weight is 468 g/mol. The highest BCUT2D eigenvalue weighted by Crippen LogP contribution is 2.40. The third-order valence-corrected chi connectivity index (χ3v) is 7.33. The standard InChI is InChI=1S/C22H20N4O6S/c27-21(28)19-17-13-33(30,31)18-7-2-1-6-16(18)20(17)26(24-19)15-5-3-4-14(12-15)23-22(29)25-8-10-32-11-9-25/h1-7,12H,8-11,13H2,(H,23,29)(H,27,28). The highest BCUT2D eigenvalue weighted by molar-refractivity contribution is 7.90. The van der Waals surface area contributed by atoms with Crippen LogP contribution in [0.2, 0.25) is 0 Å². The molecule has 0 spiro atoms. The number of nitrogens with one attached hydrogen (secondary N) is 1. The van der Waals surface area contributed by atoms with Crippen molar-refractivity contribution in [1.82, 2.24) is 14.7 Å². The number of carboxylic acid groups (broad SMARTS) is 1. The van der Waals surface area contributed by atoms with E-state index in [1.54, 1.807) is 47.4 Å². The summed E-state index contributed by atoms with van der Waals surface area (Å²) < 4.78 is 32.3. The summed E-state index contributed by atoms with van der Waals surface area (Å²) in [5.41, 5.74) is 1.63. The minimum absolute atomic E-state index is 0.132. The number of anilines is 1. The fourth-order valence-electron chi connectivity index (χ4n) is 4.11. The van der Waals surface area contributed by atoms with E-state index in [1.807, 2.05) is 0 Å². The molecule has 1 saturated heterocycles. The van der Waals surface area contributed by atoms with Gasteiger partial charge in [-0.25, -0.2) is 22.7 Å². The number of carboxylic acids is 1. The van der Waals surface area contributed by atoms with Crippen LogP contribution in [0.25, 0.3) is 16.9 Å². The summed E-state index contributed by atoms with van der Waals surface area (Å²) in [7, 11) is -3.71. The number of urea groups is 1. The van der Waals surface area contributed by atoms with Gasteiger partial charge in [0, 0.05) is 29.9 Å². The van der Waals surface area contributed by atoms with Crippen molar-refractivity contribution < 1.29 is 27.9 Å². The molecule has 2 N–H and O–H groups in total. The summed E-state index contributed by atoms with van der Waals surface area (Å²) >= 11 is 0. The summed E-state index contributed by atoms with van der Waals surface area (Å²) in [4.78, 5) is 26.2. The van der Waals surface area contributed by atoms with Crippen LogP contribution in [0, 0.1) is 0 Å². The average Bonchev–Trinajstić information content (AvgIpc) is 3.19. The van der Waals surface area contributed by atoms with E-state index in [0.29, 0.717) is 48.9 Å². The number of rotatable bonds is 3. The zero-order valence-electron chi connectivity index (χ0n) is 17.4. The van der Waals surface area contributed by atoms with Crippen molar-refractivity contribution in [2.24, 2.45) is 0 Å². The van der Waals surface area contributed by atoms with Crippen LogP contribution < -0.4 is 5.32 Å². The Balaban J connectivity index is 1.59. The number of hydrogen-bond donors (Lipinski definition) is 2. The van der Waals surface area contributed by atoms with E-state index in [9.17, 15) is 23.1 Å². The number of carbonyl (C=O) groups excluding carboxylic acids is 1. The molecule has 0 saturated carbocycles. The fraction of sp³-hybridized carbons (Fsp3) is 0.227. The van der Waals surface area contributed by atoms with Crippen molar-refractivity contribution in [3.8, 4) is 16.9 Å². The van der Waals surface area contributed by atoms with E-state index in [-0.39, 0.29) is 22.2 Å². The van der Waals surface area contributed by atoms with Gasteiger partial charge in [-0.3, -0.25) is 0 Å². The van der Waals surface area contributed by atoms with Crippen LogP contribution in [-0.4, -0.2) is 66.5 Å². The monoisotopic (exact) mass is 468 g/mol. The van der Waals surface area contributed by atoms with Crippen molar-refractivity contribution in [2.45, 2.75) is 10.6 Å². The number of carbonyl (C=O) groups is 2. The maximum absolute atomic E-state index is 12.8. The van der Waals surface area contributed by atoms with Gasteiger partial charge < -0.3 is 20.1 Å². The second-order valence-corrected chi connectivity index (χ2v) is 9.69. The molecule has 170 valence electrons. The highest BCUT2D eigenvalue weighted by atomic mass is 32.2. The van der Waals surface area contributed by atoms with Crippen LogP contribution in [0.5, 0.6) is 0 Å². The van der Waals surface area contributed by atoms with Crippen molar-refractivity contribution in [1.29, 1.82) is 0 Å². The minimum atomic E-state index is -3.71. The number of benzene rings is 2. The first-order valence-corrected chi connectivity index (χ1v) is 11.9. The first-order valence-electron chi connectivity index (χ1n) is 10.3. The molecule has 0 unspecified atom stereocenters. The SMILES string of the molecule is O=C(O)c1nn(-c2cccc(NC(=O)N3CCOCC3)c2)c2c1CS(=O)(=O)c1ccccc1-2. The van der Waals surface area contributed by atoms with Crippen molar-refractivity contribution in [3.05, 3.63) is 59.8 Å². The van der Waals surface area contributed by atoms with Gasteiger partial charge in [-0.1, -0.05) is 24.3 Å². The van der Waals surface area contributed by atoms with Crippen LogP contribution in [0.15, 0.2) is 53.4 Å².